The third kappa shape index (κ3) is 5.61. The Hall–Kier alpha value is -0.830. The quantitative estimate of drug-likeness (QED) is 0.567. The van der Waals surface area contributed by atoms with Gasteiger partial charge in [-0.3, -0.25) is 4.79 Å². The highest BCUT2D eigenvalue weighted by atomic mass is 16.1. The van der Waals surface area contributed by atoms with Crippen LogP contribution >= 0.6 is 0 Å². The molecule has 0 saturated heterocycles. The summed E-state index contributed by atoms with van der Waals surface area (Å²) in [7, 11) is 0. The molecular formula is C8H16N2O. The van der Waals surface area contributed by atoms with Crippen molar-refractivity contribution in [3.63, 3.8) is 0 Å². The fourth-order valence-corrected chi connectivity index (χ4v) is 0.847. The number of nitrogens with one attached hydrogen (secondary N) is 1. The minimum Gasteiger partial charge on any atom is -0.370 e. The fourth-order valence-electron chi connectivity index (χ4n) is 0.847. The highest BCUT2D eigenvalue weighted by molar-refractivity contribution is 5.74. The first-order valence-electron chi connectivity index (χ1n) is 3.62. The molecule has 0 aliphatic heterocycles. The molecule has 0 aromatic rings. The van der Waals surface area contributed by atoms with E-state index in [9.17, 15) is 4.79 Å². The molecule has 0 aromatic heterocycles. The van der Waals surface area contributed by atoms with Crippen LogP contribution in [0.2, 0.25) is 0 Å². The van der Waals surface area contributed by atoms with Gasteiger partial charge in [-0.2, -0.15) is 0 Å². The van der Waals surface area contributed by atoms with Gasteiger partial charge in [-0.1, -0.05) is 6.08 Å². The predicted molar refractivity (Wildman–Crippen MR) is 46.1 cm³/mol. The van der Waals surface area contributed by atoms with Gasteiger partial charge in [0.05, 0.1) is 0 Å². The number of carbonyl (C=O) groups excluding carboxylic acids is 1. The molecule has 3 nitrogen and oxygen atoms in total. The van der Waals surface area contributed by atoms with Gasteiger partial charge >= 0.3 is 0 Å². The summed E-state index contributed by atoms with van der Waals surface area (Å²) in [5, 5.41) is 3.12. The number of amides is 1. The van der Waals surface area contributed by atoms with Crippen molar-refractivity contribution in [1.29, 1.82) is 0 Å². The molecular weight excluding hydrogens is 140 g/mol. The molecule has 1 amide bonds. The number of nitrogens with two attached hydrogens (primary N) is 1. The van der Waals surface area contributed by atoms with E-state index in [1.807, 2.05) is 13.8 Å². The van der Waals surface area contributed by atoms with Gasteiger partial charge in [-0.25, -0.2) is 0 Å². The van der Waals surface area contributed by atoms with Gasteiger partial charge in [0.1, 0.15) is 0 Å². The van der Waals surface area contributed by atoms with Crippen LogP contribution in [0.3, 0.4) is 0 Å². The molecule has 0 aliphatic rings. The third-order valence-electron chi connectivity index (χ3n) is 1.34. The first kappa shape index (κ1) is 10.2. The number of rotatable bonds is 5. The van der Waals surface area contributed by atoms with E-state index in [1.165, 1.54) is 0 Å². The summed E-state index contributed by atoms with van der Waals surface area (Å²) in [5.41, 5.74) is 4.82. The molecule has 64 valence electrons. The van der Waals surface area contributed by atoms with Crippen LogP contribution in [0, 0.1) is 0 Å². The van der Waals surface area contributed by atoms with Gasteiger partial charge in [0.15, 0.2) is 0 Å². The van der Waals surface area contributed by atoms with Crippen molar-refractivity contribution in [3.05, 3.63) is 12.7 Å². The molecule has 3 heteroatoms. The Kier molecular flexibility index (Phi) is 3.82. The van der Waals surface area contributed by atoms with Crippen LogP contribution in [-0.2, 0) is 4.79 Å². The van der Waals surface area contributed by atoms with E-state index < -0.39 is 0 Å². The summed E-state index contributed by atoms with van der Waals surface area (Å²) in [6.07, 6.45) is 2.10. The van der Waals surface area contributed by atoms with Crippen LogP contribution in [0.4, 0.5) is 0 Å². The third-order valence-corrected chi connectivity index (χ3v) is 1.34. The lowest BCUT2D eigenvalue weighted by atomic mass is 10.0. The highest BCUT2D eigenvalue weighted by Gasteiger charge is 2.18. The van der Waals surface area contributed by atoms with Crippen molar-refractivity contribution >= 4 is 5.91 Å². The lowest BCUT2D eigenvalue weighted by Crippen LogP contribution is -2.42. The van der Waals surface area contributed by atoms with Crippen molar-refractivity contribution in [2.45, 2.75) is 25.8 Å². The average molecular weight is 156 g/mol. The van der Waals surface area contributed by atoms with Crippen LogP contribution in [-0.4, -0.2) is 18.0 Å². The molecule has 0 saturated carbocycles. The van der Waals surface area contributed by atoms with Gasteiger partial charge in [0, 0.05) is 18.5 Å². The minimum atomic E-state index is -0.286. The van der Waals surface area contributed by atoms with Crippen molar-refractivity contribution in [2.75, 3.05) is 6.54 Å². The van der Waals surface area contributed by atoms with E-state index in [0.29, 0.717) is 13.0 Å². The highest BCUT2D eigenvalue weighted by Crippen LogP contribution is 2.06. The predicted octanol–water partition coefficient (Wildman–Crippen LogP) is 0.416. The fraction of sp³-hybridized carbons (Fsp3) is 0.625. The lowest BCUT2D eigenvalue weighted by Gasteiger charge is -2.23. The summed E-state index contributed by atoms with van der Waals surface area (Å²) < 4.78 is 0. The Morgan fingerprint density at radius 3 is 2.64 bits per heavy atom. The Balaban J connectivity index is 3.78. The Bertz CT molecular complexity index is 152. The Labute approximate surface area is 67.7 Å². The molecule has 0 fully saturated rings. The molecule has 0 aliphatic carbocycles. The maximum absolute atomic E-state index is 10.5. The average Bonchev–Trinajstić information content (AvgIpc) is 1.81. The van der Waals surface area contributed by atoms with E-state index in [1.54, 1.807) is 6.08 Å². The molecule has 0 bridgehead atoms. The molecule has 11 heavy (non-hydrogen) atoms. The maximum atomic E-state index is 10.5. The smallest absolute Gasteiger partial charge is 0.219 e. The lowest BCUT2D eigenvalue weighted by molar-refractivity contribution is -0.119. The molecule has 3 N–H and O–H groups in total. The standard InChI is InChI=1S/C8H16N2O/c1-4-5-10-8(2,3)6-7(9)11/h4,10H,1,5-6H2,2-3H3,(H2,9,11). The van der Waals surface area contributed by atoms with Gasteiger partial charge < -0.3 is 11.1 Å². The van der Waals surface area contributed by atoms with E-state index >= 15 is 0 Å². The van der Waals surface area contributed by atoms with Crippen molar-refractivity contribution in [3.8, 4) is 0 Å². The summed E-state index contributed by atoms with van der Waals surface area (Å²) in [4.78, 5) is 10.5. The largest absolute Gasteiger partial charge is 0.370 e. The molecule has 0 radical (unpaired) electrons. The number of primary amides is 1. The van der Waals surface area contributed by atoms with E-state index in [-0.39, 0.29) is 11.4 Å². The number of hydrogen-bond acceptors (Lipinski definition) is 2. The molecule has 0 aromatic carbocycles. The van der Waals surface area contributed by atoms with Crippen molar-refractivity contribution in [2.24, 2.45) is 5.73 Å². The van der Waals surface area contributed by atoms with Gasteiger partial charge in [0.25, 0.3) is 0 Å². The zero-order valence-electron chi connectivity index (χ0n) is 7.18. The molecule has 0 unspecified atom stereocenters. The second-order valence-electron chi connectivity index (χ2n) is 3.20. The summed E-state index contributed by atoms with van der Waals surface area (Å²) in [5.74, 6) is -0.286. The number of hydrogen-bond donors (Lipinski definition) is 2. The first-order chi connectivity index (χ1) is 4.98. The van der Waals surface area contributed by atoms with Crippen LogP contribution < -0.4 is 11.1 Å². The van der Waals surface area contributed by atoms with Crippen molar-refractivity contribution in [1.82, 2.24) is 5.32 Å². The zero-order chi connectivity index (χ0) is 8.91. The second kappa shape index (κ2) is 4.13. The monoisotopic (exact) mass is 156 g/mol. The minimum absolute atomic E-state index is 0.222. The number of carbonyl (C=O) groups is 1. The van der Waals surface area contributed by atoms with Crippen LogP contribution in [0.5, 0.6) is 0 Å². The van der Waals surface area contributed by atoms with E-state index in [4.69, 9.17) is 5.73 Å². The Morgan fingerprint density at radius 2 is 2.27 bits per heavy atom. The maximum Gasteiger partial charge on any atom is 0.219 e. The molecule has 0 atom stereocenters. The van der Waals surface area contributed by atoms with E-state index in [0.717, 1.165) is 0 Å². The second-order valence-corrected chi connectivity index (χ2v) is 3.20. The van der Waals surface area contributed by atoms with E-state index in [2.05, 4.69) is 11.9 Å². The van der Waals surface area contributed by atoms with Crippen LogP contribution in [0.25, 0.3) is 0 Å². The topological polar surface area (TPSA) is 55.1 Å². The van der Waals surface area contributed by atoms with Gasteiger partial charge in [-0.05, 0) is 13.8 Å². The zero-order valence-corrected chi connectivity index (χ0v) is 7.18. The molecule has 0 heterocycles. The summed E-state index contributed by atoms with van der Waals surface area (Å²) >= 11 is 0. The van der Waals surface area contributed by atoms with Gasteiger partial charge in [-0.15, -0.1) is 6.58 Å². The SMILES string of the molecule is C=CCNC(C)(C)CC(N)=O. The van der Waals surface area contributed by atoms with Gasteiger partial charge in [0.2, 0.25) is 5.91 Å². The van der Waals surface area contributed by atoms with Crippen molar-refractivity contribution < 1.29 is 4.79 Å². The summed E-state index contributed by atoms with van der Waals surface area (Å²) in [6.45, 7) is 8.12. The normalized spacial score (nSPS) is 11.1. The Morgan fingerprint density at radius 1 is 1.73 bits per heavy atom. The molecule has 0 spiro atoms. The van der Waals surface area contributed by atoms with Crippen LogP contribution in [0.1, 0.15) is 20.3 Å². The molecule has 0 rings (SSSR count). The van der Waals surface area contributed by atoms with Crippen LogP contribution in [0.15, 0.2) is 12.7 Å². The summed E-state index contributed by atoms with van der Waals surface area (Å²) in [6, 6.07) is 0. The first-order valence-corrected chi connectivity index (χ1v) is 3.62.